The monoisotopic (exact) mass is 571 g/mol. The highest BCUT2D eigenvalue weighted by molar-refractivity contribution is 7.54. The molecule has 1 aromatic heterocycles. The summed E-state index contributed by atoms with van der Waals surface area (Å²) in [5.74, 6) is 0.232. The number of anilines is 1. The second-order valence-corrected chi connectivity index (χ2v) is 10.9. The Morgan fingerprint density at radius 2 is 2.05 bits per heavy atom. The summed E-state index contributed by atoms with van der Waals surface area (Å²) in [5, 5.41) is 24.1. The summed E-state index contributed by atoms with van der Waals surface area (Å²) >= 11 is 5.49. The van der Waals surface area contributed by atoms with Gasteiger partial charge in [0, 0.05) is 11.6 Å². The minimum Gasteiger partial charge on any atom is -0.463 e. The minimum absolute atomic E-state index is 0.0424. The quantitative estimate of drug-likeness (QED) is 0.216. The molecule has 14 heteroatoms. The molecule has 2 aromatic rings. The fourth-order valence-corrected chi connectivity index (χ4v) is 5.37. The van der Waals surface area contributed by atoms with Crippen molar-refractivity contribution in [1.29, 1.82) is 0 Å². The SMILES string of the molecule is [2H]C([2H])(O[P@@](=O)(C[C@@H](C)C(=O)OC(C)C)Oc1ccccc1)[C@H]1O[C@@H](n2ccc(N)nc2=O)C(O)(C#CCl)[C@H]1O. The molecule has 0 bridgehead atoms. The Kier molecular flexibility index (Phi) is 8.64. The standard InChI is InChI=1S/C24H29ClN3O9P/c1-15(2)35-21(30)16(3)14-38(33,37-17-7-5-4-6-8-17)34-13-18-20(29)24(32,10-11-25)22(36-18)28-12-9-19(26)27-23(28)31/h4-9,12,15-16,18,20,22,29,32H,13-14H2,1-3H3,(H2,26,27,31)/t16-,18-,20+,22-,24?,38+/m1/s1/i13D2. The van der Waals surface area contributed by atoms with Gasteiger partial charge in [-0.1, -0.05) is 25.1 Å². The predicted octanol–water partition coefficient (Wildman–Crippen LogP) is 1.89. The van der Waals surface area contributed by atoms with E-state index in [2.05, 4.69) is 10.9 Å². The van der Waals surface area contributed by atoms with E-state index in [9.17, 15) is 24.4 Å². The van der Waals surface area contributed by atoms with Gasteiger partial charge in [0.05, 0.1) is 27.5 Å². The topological polar surface area (TPSA) is 172 Å². The number of para-hydroxylation sites is 1. The maximum absolute atomic E-state index is 14.0. The molecule has 1 aliphatic rings. The van der Waals surface area contributed by atoms with Gasteiger partial charge in [0.25, 0.3) is 0 Å². The van der Waals surface area contributed by atoms with Crippen LogP contribution in [0.5, 0.6) is 5.75 Å². The van der Waals surface area contributed by atoms with Gasteiger partial charge in [0.15, 0.2) is 6.23 Å². The lowest BCUT2D eigenvalue weighted by Crippen LogP contribution is -2.47. The lowest BCUT2D eigenvalue weighted by Gasteiger charge is -2.26. The van der Waals surface area contributed by atoms with Crippen LogP contribution in [0, 0.1) is 17.2 Å². The highest BCUT2D eigenvalue weighted by Gasteiger charge is 2.56. The summed E-state index contributed by atoms with van der Waals surface area (Å²) < 4.78 is 53.5. The Hall–Kier alpha value is -2.91. The predicted molar refractivity (Wildman–Crippen MR) is 137 cm³/mol. The number of esters is 1. The number of nitrogens with zero attached hydrogens (tertiary/aromatic N) is 2. The second-order valence-electron chi connectivity index (χ2n) is 8.73. The van der Waals surface area contributed by atoms with Crippen molar-refractivity contribution in [2.45, 2.75) is 50.9 Å². The molecule has 6 atom stereocenters. The van der Waals surface area contributed by atoms with E-state index in [1.165, 1.54) is 25.1 Å². The van der Waals surface area contributed by atoms with Crippen molar-refractivity contribution in [3.8, 4) is 17.0 Å². The van der Waals surface area contributed by atoms with Gasteiger partial charge in [-0.05, 0) is 49.6 Å². The summed E-state index contributed by atoms with van der Waals surface area (Å²) in [6.45, 7) is 1.49. The number of halogens is 1. The van der Waals surface area contributed by atoms with Crippen LogP contribution in [0.15, 0.2) is 47.4 Å². The number of nitrogens with two attached hydrogens (primary N) is 1. The van der Waals surface area contributed by atoms with Crippen LogP contribution in [-0.2, 0) is 23.4 Å². The Labute approximate surface area is 227 Å². The number of aliphatic hydroxyl groups is 2. The number of aliphatic hydroxyl groups excluding tert-OH is 1. The molecule has 206 valence electrons. The lowest BCUT2D eigenvalue weighted by molar-refractivity contribution is -0.151. The fraction of sp³-hybridized carbons (Fsp3) is 0.458. The molecule has 1 saturated heterocycles. The van der Waals surface area contributed by atoms with Gasteiger partial charge >= 0.3 is 19.3 Å². The third-order valence-corrected chi connectivity index (χ3v) is 7.25. The number of carbonyl (C=O) groups excluding carboxylic acids is 1. The second kappa shape index (κ2) is 12.3. The van der Waals surface area contributed by atoms with E-state index in [0.29, 0.717) is 0 Å². The third kappa shape index (κ3) is 6.94. The summed E-state index contributed by atoms with van der Waals surface area (Å²) in [6, 6.07) is 8.88. The number of ether oxygens (including phenoxy) is 2. The van der Waals surface area contributed by atoms with Crippen molar-refractivity contribution in [3.63, 3.8) is 0 Å². The lowest BCUT2D eigenvalue weighted by atomic mass is 9.95. The molecule has 0 amide bonds. The maximum Gasteiger partial charge on any atom is 0.380 e. The number of hydrogen-bond acceptors (Lipinski definition) is 11. The first-order chi connectivity index (χ1) is 18.6. The van der Waals surface area contributed by atoms with Gasteiger partial charge in [-0.15, -0.1) is 0 Å². The maximum atomic E-state index is 14.0. The number of carbonyl (C=O) groups is 1. The van der Waals surface area contributed by atoms with Gasteiger partial charge in [0.1, 0.15) is 23.8 Å². The zero-order chi connectivity index (χ0) is 29.9. The molecule has 4 N–H and O–H groups in total. The molecule has 0 spiro atoms. The first-order valence-electron chi connectivity index (χ1n) is 12.4. The highest BCUT2D eigenvalue weighted by Crippen LogP contribution is 2.51. The molecule has 38 heavy (non-hydrogen) atoms. The van der Waals surface area contributed by atoms with Crippen molar-refractivity contribution in [3.05, 3.63) is 53.1 Å². The number of rotatable bonds is 10. The average molecular weight is 572 g/mol. The van der Waals surface area contributed by atoms with Crippen LogP contribution >= 0.6 is 19.2 Å². The minimum atomic E-state index is -4.57. The summed E-state index contributed by atoms with van der Waals surface area (Å²) in [4.78, 5) is 28.4. The molecular formula is C24H29ClN3O9P. The molecule has 12 nitrogen and oxygen atoms in total. The molecule has 1 unspecified atom stereocenters. The third-order valence-electron chi connectivity index (χ3n) is 5.29. The van der Waals surface area contributed by atoms with Crippen LogP contribution in [0.2, 0.25) is 0 Å². The van der Waals surface area contributed by atoms with Crippen LogP contribution in [0.4, 0.5) is 5.82 Å². The largest absolute Gasteiger partial charge is 0.463 e. The van der Waals surface area contributed by atoms with E-state index >= 15 is 0 Å². The number of aromatic nitrogens is 2. The van der Waals surface area contributed by atoms with Crippen molar-refractivity contribution in [2.24, 2.45) is 5.92 Å². The van der Waals surface area contributed by atoms with Crippen LogP contribution in [-0.4, -0.2) is 62.4 Å². The first kappa shape index (κ1) is 26.7. The van der Waals surface area contributed by atoms with Gasteiger partial charge in [0.2, 0.25) is 5.60 Å². The number of nitrogen functional groups attached to an aromatic ring is 1. The molecule has 0 radical (unpaired) electrons. The highest BCUT2D eigenvalue weighted by atomic mass is 35.5. The number of hydrogen-bond donors (Lipinski definition) is 3. The molecule has 3 rings (SSSR count). The van der Waals surface area contributed by atoms with Crippen molar-refractivity contribution in [2.75, 3.05) is 18.5 Å². The van der Waals surface area contributed by atoms with E-state index in [1.54, 1.807) is 32.0 Å². The Morgan fingerprint density at radius 1 is 1.37 bits per heavy atom. The van der Waals surface area contributed by atoms with Crippen molar-refractivity contribution in [1.82, 2.24) is 9.55 Å². The number of benzene rings is 1. The van der Waals surface area contributed by atoms with E-state index < -0.39 is 68.0 Å². The van der Waals surface area contributed by atoms with Gasteiger partial charge in [-0.2, -0.15) is 4.98 Å². The molecule has 0 saturated carbocycles. The van der Waals surface area contributed by atoms with Gasteiger partial charge in [-0.3, -0.25) is 13.9 Å². The van der Waals surface area contributed by atoms with E-state index in [0.717, 1.165) is 10.8 Å². The first-order valence-corrected chi connectivity index (χ1v) is 13.5. The van der Waals surface area contributed by atoms with Crippen molar-refractivity contribution >= 4 is 31.0 Å². The molecule has 1 aromatic carbocycles. The molecule has 0 aliphatic carbocycles. The molecule has 1 fully saturated rings. The van der Waals surface area contributed by atoms with E-state index in [-0.39, 0.29) is 11.6 Å². The van der Waals surface area contributed by atoms with E-state index in [4.69, 9.17) is 38.6 Å². The smallest absolute Gasteiger partial charge is 0.380 e. The summed E-state index contributed by atoms with van der Waals surface area (Å²) in [7, 11) is -4.57. The molecule has 1 aliphatic heterocycles. The summed E-state index contributed by atoms with van der Waals surface area (Å²) in [5.41, 5.74) is 1.85. The molecular weight excluding hydrogens is 541 g/mol. The fourth-order valence-electron chi connectivity index (χ4n) is 3.51. The van der Waals surface area contributed by atoms with Gasteiger partial charge < -0.3 is 29.9 Å². The average Bonchev–Trinajstić information content (AvgIpc) is 3.10. The van der Waals surface area contributed by atoms with Crippen LogP contribution in [0.1, 0.15) is 29.7 Å². The normalized spacial score (nSPS) is 26.3. The Balaban J connectivity index is 1.99. The molecule has 2 heterocycles. The zero-order valence-electron chi connectivity index (χ0n) is 22.7. The van der Waals surface area contributed by atoms with Gasteiger partial charge in [-0.25, -0.2) is 9.36 Å². The Morgan fingerprint density at radius 3 is 2.66 bits per heavy atom. The summed E-state index contributed by atoms with van der Waals surface area (Å²) in [6.07, 6.45) is -6.14. The van der Waals surface area contributed by atoms with Crippen LogP contribution in [0.3, 0.4) is 0 Å². The van der Waals surface area contributed by atoms with Crippen LogP contribution in [0.25, 0.3) is 0 Å². The zero-order valence-corrected chi connectivity index (χ0v) is 22.3. The van der Waals surface area contributed by atoms with Crippen LogP contribution < -0.4 is 15.9 Å². The Bertz CT molecular complexity index is 1380. The van der Waals surface area contributed by atoms with E-state index in [1.807, 2.05) is 5.38 Å². The van der Waals surface area contributed by atoms with Crippen molar-refractivity contribution < 1.29 is 40.8 Å².